The lowest BCUT2D eigenvalue weighted by molar-refractivity contribution is 0.0164. The minimum Gasteiger partial charge on any atom is -0.315 e. The van der Waals surface area contributed by atoms with E-state index in [-0.39, 0.29) is 21.9 Å². The SMILES string of the molecule is O=S(=O)(c1ccc(C(F)F)nc1C1CC1)N1CC2(CNC2)C1. The van der Waals surface area contributed by atoms with Crippen LogP contribution >= 0.6 is 0 Å². The summed E-state index contributed by atoms with van der Waals surface area (Å²) in [5, 5.41) is 3.16. The predicted octanol–water partition coefficient (Wildman–Crippen LogP) is 1.49. The van der Waals surface area contributed by atoms with Crippen LogP contribution < -0.4 is 5.32 Å². The van der Waals surface area contributed by atoms with E-state index in [1.54, 1.807) is 0 Å². The Bertz CT molecular complexity index is 707. The molecule has 3 fully saturated rings. The van der Waals surface area contributed by atoms with Crippen molar-refractivity contribution in [2.24, 2.45) is 5.41 Å². The van der Waals surface area contributed by atoms with Gasteiger partial charge in [-0.05, 0) is 25.0 Å². The number of sulfonamides is 1. The van der Waals surface area contributed by atoms with E-state index >= 15 is 0 Å². The van der Waals surface area contributed by atoms with Crippen molar-refractivity contribution in [2.45, 2.75) is 30.1 Å². The fourth-order valence-electron chi connectivity index (χ4n) is 3.18. The minimum atomic E-state index is -3.63. The van der Waals surface area contributed by atoms with E-state index < -0.39 is 16.4 Å². The second kappa shape index (κ2) is 4.69. The van der Waals surface area contributed by atoms with Gasteiger partial charge in [0.05, 0.1) is 5.69 Å². The molecule has 2 saturated heterocycles. The fourth-order valence-corrected chi connectivity index (χ4v) is 5.06. The first-order valence-electron chi connectivity index (χ1n) is 7.41. The highest BCUT2D eigenvalue weighted by molar-refractivity contribution is 7.89. The van der Waals surface area contributed by atoms with E-state index in [0.717, 1.165) is 32.0 Å². The third-order valence-corrected chi connectivity index (χ3v) is 6.58. The molecule has 0 aromatic carbocycles. The Morgan fingerprint density at radius 2 is 1.95 bits per heavy atom. The van der Waals surface area contributed by atoms with E-state index in [1.165, 1.54) is 10.4 Å². The standard InChI is InChI=1S/C14H17F2N3O2S/c15-13(16)10-3-4-11(12(18-10)9-1-2-9)22(20,21)19-7-14(8-19)5-17-6-14/h3-4,9,13,17H,1-2,5-8H2. The molecule has 1 spiro atoms. The molecule has 5 nitrogen and oxygen atoms in total. The van der Waals surface area contributed by atoms with Gasteiger partial charge in [-0.2, -0.15) is 4.31 Å². The van der Waals surface area contributed by atoms with E-state index in [0.29, 0.717) is 18.8 Å². The van der Waals surface area contributed by atoms with Gasteiger partial charge in [0.2, 0.25) is 10.0 Å². The Labute approximate surface area is 127 Å². The number of alkyl halides is 2. The molecule has 1 saturated carbocycles. The van der Waals surface area contributed by atoms with Crippen LogP contribution in [0, 0.1) is 5.41 Å². The van der Waals surface area contributed by atoms with Crippen molar-refractivity contribution in [3.8, 4) is 0 Å². The van der Waals surface area contributed by atoms with Gasteiger partial charge in [0.25, 0.3) is 6.43 Å². The molecule has 1 aliphatic carbocycles. The van der Waals surface area contributed by atoms with E-state index in [9.17, 15) is 17.2 Å². The van der Waals surface area contributed by atoms with Gasteiger partial charge in [0, 0.05) is 37.5 Å². The number of pyridine rings is 1. The third kappa shape index (κ3) is 2.16. The van der Waals surface area contributed by atoms with Crippen LogP contribution in [0.2, 0.25) is 0 Å². The van der Waals surface area contributed by atoms with Crippen LogP contribution in [0.1, 0.15) is 36.6 Å². The average Bonchev–Trinajstić information content (AvgIpc) is 3.18. The van der Waals surface area contributed by atoms with Crippen molar-refractivity contribution in [2.75, 3.05) is 26.2 Å². The van der Waals surface area contributed by atoms with Crippen molar-refractivity contribution in [3.63, 3.8) is 0 Å². The molecule has 0 amide bonds. The summed E-state index contributed by atoms with van der Waals surface area (Å²) < 4.78 is 52.6. The average molecular weight is 329 g/mol. The first-order valence-corrected chi connectivity index (χ1v) is 8.85. The molecule has 0 unspecified atom stereocenters. The van der Waals surface area contributed by atoms with Crippen LogP contribution in [-0.4, -0.2) is 43.9 Å². The van der Waals surface area contributed by atoms with Crippen molar-refractivity contribution in [1.82, 2.24) is 14.6 Å². The van der Waals surface area contributed by atoms with Gasteiger partial charge in [-0.15, -0.1) is 0 Å². The number of nitrogens with one attached hydrogen (secondary N) is 1. The van der Waals surface area contributed by atoms with Gasteiger partial charge in [-0.3, -0.25) is 4.98 Å². The molecular formula is C14H17F2N3O2S. The summed E-state index contributed by atoms with van der Waals surface area (Å²) in [5.74, 6) is 0.00378. The Kier molecular flexibility index (Phi) is 3.08. The maximum atomic E-state index is 12.8. The van der Waals surface area contributed by atoms with Crippen LogP contribution in [0.15, 0.2) is 17.0 Å². The van der Waals surface area contributed by atoms with Crippen molar-refractivity contribution in [3.05, 3.63) is 23.5 Å². The Morgan fingerprint density at radius 3 is 2.45 bits per heavy atom. The highest BCUT2D eigenvalue weighted by atomic mass is 32.2. The summed E-state index contributed by atoms with van der Waals surface area (Å²) in [6.45, 7) is 2.69. The monoisotopic (exact) mass is 329 g/mol. The molecule has 1 N–H and O–H groups in total. The quantitative estimate of drug-likeness (QED) is 0.909. The Balaban J connectivity index is 1.66. The van der Waals surface area contributed by atoms with Gasteiger partial charge in [-0.1, -0.05) is 0 Å². The zero-order valence-electron chi connectivity index (χ0n) is 11.9. The third-order valence-electron chi connectivity index (χ3n) is 4.74. The lowest BCUT2D eigenvalue weighted by Gasteiger charge is -2.55. The van der Waals surface area contributed by atoms with Crippen LogP contribution in [0.25, 0.3) is 0 Å². The Morgan fingerprint density at radius 1 is 1.27 bits per heavy atom. The van der Waals surface area contributed by atoms with E-state index in [2.05, 4.69) is 10.3 Å². The topological polar surface area (TPSA) is 62.3 Å². The molecule has 8 heteroatoms. The molecule has 3 heterocycles. The normalized spacial score (nSPS) is 24.3. The van der Waals surface area contributed by atoms with Crippen LogP contribution in [0.3, 0.4) is 0 Å². The van der Waals surface area contributed by atoms with Crippen molar-refractivity contribution < 1.29 is 17.2 Å². The lowest BCUT2D eigenvalue weighted by atomic mass is 9.76. The second-order valence-electron chi connectivity index (χ2n) is 6.57. The summed E-state index contributed by atoms with van der Waals surface area (Å²) in [5.41, 5.74) is 0.0676. The molecular weight excluding hydrogens is 312 g/mol. The zero-order valence-corrected chi connectivity index (χ0v) is 12.7. The number of rotatable bonds is 4. The summed E-state index contributed by atoms with van der Waals surface area (Å²) in [6.07, 6.45) is -1.05. The van der Waals surface area contributed by atoms with E-state index in [1.807, 2.05) is 0 Å². The molecule has 4 rings (SSSR count). The second-order valence-corrected chi connectivity index (χ2v) is 8.48. The van der Waals surface area contributed by atoms with E-state index in [4.69, 9.17) is 0 Å². The maximum absolute atomic E-state index is 12.8. The highest BCUT2D eigenvalue weighted by Gasteiger charge is 2.52. The van der Waals surface area contributed by atoms with Crippen LogP contribution in [0.5, 0.6) is 0 Å². The highest BCUT2D eigenvalue weighted by Crippen LogP contribution is 2.44. The number of halogens is 2. The molecule has 0 atom stereocenters. The molecule has 0 radical (unpaired) electrons. The maximum Gasteiger partial charge on any atom is 0.280 e. The fraction of sp³-hybridized carbons (Fsp3) is 0.643. The zero-order chi connectivity index (χ0) is 15.5. The van der Waals surface area contributed by atoms with Crippen molar-refractivity contribution >= 4 is 10.0 Å². The van der Waals surface area contributed by atoms with Crippen LogP contribution in [0.4, 0.5) is 8.78 Å². The van der Waals surface area contributed by atoms with Gasteiger partial charge in [-0.25, -0.2) is 17.2 Å². The molecule has 2 aliphatic heterocycles. The summed E-state index contributed by atoms with van der Waals surface area (Å²) in [4.78, 5) is 4.06. The molecule has 22 heavy (non-hydrogen) atoms. The first-order chi connectivity index (χ1) is 10.4. The molecule has 3 aliphatic rings. The smallest absolute Gasteiger partial charge is 0.280 e. The number of hydrogen-bond acceptors (Lipinski definition) is 4. The molecule has 1 aromatic rings. The lowest BCUT2D eigenvalue weighted by Crippen LogP contribution is -2.71. The first kappa shape index (κ1) is 14.5. The largest absolute Gasteiger partial charge is 0.315 e. The summed E-state index contributed by atoms with van der Waals surface area (Å²) in [6, 6.07) is 2.44. The van der Waals surface area contributed by atoms with Crippen molar-refractivity contribution in [1.29, 1.82) is 0 Å². The number of nitrogens with zero attached hydrogens (tertiary/aromatic N) is 2. The molecule has 1 aromatic heterocycles. The summed E-state index contributed by atoms with van der Waals surface area (Å²) >= 11 is 0. The summed E-state index contributed by atoms with van der Waals surface area (Å²) in [7, 11) is -3.63. The number of aromatic nitrogens is 1. The molecule has 120 valence electrons. The van der Waals surface area contributed by atoms with Gasteiger partial charge in [0.15, 0.2) is 0 Å². The van der Waals surface area contributed by atoms with Crippen LogP contribution in [-0.2, 0) is 10.0 Å². The predicted molar refractivity (Wildman–Crippen MR) is 75.2 cm³/mol. The number of hydrogen-bond donors (Lipinski definition) is 1. The van der Waals surface area contributed by atoms with Gasteiger partial charge in [0.1, 0.15) is 10.6 Å². The van der Waals surface area contributed by atoms with Gasteiger partial charge < -0.3 is 5.32 Å². The Hall–Kier alpha value is -1.12. The molecule has 0 bridgehead atoms. The van der Waals surface area contributed by atoms with Gasteiger partial charge >= 0.3 is 0 Å². The minimum absolute atomic E-state index is 0.00378.